The second-order valence-corrected chi connectivity index (χ2v) is 6.03. The summed E-state index contributed by atoms with van der Waals surface area (Å²) in [7, 11) is 0. The highest BCUT2D eigenvalue weighted by molar-refractivity contribution is 5.93. The van der Waals surface area contributed by atoms with Gasteiger partial charge >= 0.3 is 0 Å². The van der Waals surface area contributed by atoms with Gasteiger partial charge in [0, 0.05) is 50.7 Å². The molecule has 0 aliphatic carbocycles. The number of amides is 1. The first-order chi connectivity index (χ1) is 11.2. The van der Waals surface area contributed by atoms with Crippen LogP contribution >= 0.6 is 0 Å². The van der Waals surface area contributed by atoms with Crippen LogP contribution in [-0.4, -0.2) is 38.4 Å². The summed E-state index contributed by atoms with van der Waals surface area (Å²) in [5.74, 6) is 1.70. The zero-order chi connectivity index (χ0) is 16.2. The Kier molecular flexibility index (Phi) is 4.60. The smallest absolute Gasteiger partial charge is 0.255 e. The molecule has 3 heterocycles. The second-order valence-electron chi connectivity index (χ2n) is 6.03. The van der Waals surface area contributed by atoms with Crippen LogP contribution in [0.15, 0.2) is 35.5 Å². The third kappa shape index (κ3) is 3.52. The molecule has 0 radical (unpaired) electrons. The summed E-state index contributed by atoms with van der Waals surface area (Å²) in [6.45, 7) is 4.62. The molecule has 2 aromatic rings. The fourth-order valence-corrected chi connectivity index (χ4v) is 3.14. The Morgan fingerprint density at radius 1 is 1.35 bits per heavy atom. The van der Waals surface area contributed by atoms with Crippen LogP contribution in [-0.2, 0) is 13.0 Å². The highest BCUT2D eigenvalue weighted by atomic mass is 16.2. The van der Waals surface area contributed by atoms with Crippen LogP contribution < -0.4 is 5.56 Å². The molecule has 1 N–H and O–H groups in total. The first-order valence-electron chi connectivity index (χ1n) is 8.15. The van der Waals surface area contributed by atoms with Crippen LogP contribution in [0.25, 0.3) is 0 Å². The van der Waals surface area contributed by atoms with E-state index in [-0.39, 0.29) is 11.5 Å². The Balaban J connectivity index is 1.57. The molecule has 122 valence electrons. The number of hydrogen-bond donors (Lipinski definition) is 1. The fourth-order valence-electron chi connectivity index (χ4n) is 3.14. The van der Waals surface area contributed by atoms with Gasteiger partial charge in [-0.2, -0.15) is 0 Å². The number of rotatable bonds is 4. The van der Waals surface area contributed by atoms with E-state index in [1.807, 2.05) is 17.3 Å². The molecule has 6 heteroatoms. The van der Waals surface area contributed by atoms with Gasteiger partial charge in [0.05, 0.1) is 5.56 Å². The van der Waals surface area contributed by atoms with Crippen molar-refractivity contribution in [3.63, 3.8) is 0 Å². The van der Waals surface area contributed by atoms with Crippen molar-refractivity contribution < 1.29 is 4.79 Å². The standard InChI is InChI=1S/C17H22N4O2/c1-2-15-18-7-10-21(15)12-13-5-8-20(9-6-13)17(23)14-3-4-16(22)19-11-14/h3-4,7,10-11,13H,2,5-6,8-9,12H2,1H3,(H,19,22). The van der Waals surface area contributed by atoms with E-state index in [0.29, 0.717) is 11.5 Å². The molecule has 1 aliphatic rings. The average Bonchev–Trinajstić information content (AvgIpc) is 3.03. The van der Waals surface area contributed by atoms with Gasteiger partial charge in [-0.1, -0.05) is 6.92 Å². The van der Waals surface area contributed by atoms with Crippen molar-refractivity contribution in [2.75, 3.05) is 13.1 Å². The summed E-state index contributed by atoms with van der Waals surface area (Å²) >= 11 is 0. The number of carbonyl (C=O) groups is 1. The lowest BCUT2D eigenvalue weighted by molar-refractivity contribution is 0.0682. The number of pyridine rings is 1. The summed E-state index contributed by atoms with van der Waals surface area (Å²) in [5.41, 5.74) is 0.359. The molecular weight excluding hydrogens is 292 g/mol. The number of aromatic nitrogens is 3. The lowest BCUT2D eigenvalue weighted by Crippen LogP contribution is -2.39. The predicted molar refractivity (Wildman–Crippen MR) is 87.3 cm³/mol. The zero-order valence-corrected chi connectivity index (χ0v) is 13.4. The third-order valence-electron chi connectivity index (χ3n) is 4.51. The minimum absolute atomic E-state index is 0.00317. The van der Waals surface area contributed by atoms with Gasteiger partial charge in [-0.3, -0.25) is 9.59 Å². The molecule has 0 saturated carbocycles. The molecule has 1 aliphatic heterocycles. The number of imidazole rings is 1. The van der Waals surface area contributed by atoms with E-state index in [2.05, 4.69) is 21.5 Å². The summed E-state index contributed by atoms with van der Waals surface area (Å²) in [5, 5.41) is 0. The normalized spacial score (nSPS) is 15.8. The highest BCUT2D eigenvalue weighted by Crippen LogP contribution is 2.21. The summed E-state index contributed by atoms with van der Waals surface area (Å²) in [6, 6.07) is 2.98. The van der Waals surface area contributed by atoms with Crippen molar-refractivity contribution in [2.24, 2.45) is 5.92 Å². The molecule has 0 bridgehead atoms. The zero-order valence-electron chi connectivity index (χ0n) is 13.4. The molecule has 1 amide bonds. The highest BCUT2D eigenvalue weighted by Gasteiger charge is 2.24. The van der Waals surface area contributed by atoms with E-state index in [1.54, 1.807) is 6.07 Å². The van der Waals surface area contributed by atoms with Crippen LogP contribution in [0.4, 0.5) is 0 Å². The quantitative estimate of drug-likeness (QED) is 0.933. The minimum Gasteiger partial charge on any atom is -0.339 e. The minimum atomic E-state index is -0.188. The summed E-state index contributed by atoms with van der Waals surface area (Å²) in [4.78, 5) is 32.3. The van der Waals surface area contributed by atoms with Crippen LogP contribution in [0, 0.1) is 5.92 Å². The third-order valence-corrected chi connectivity index (χ3v) is 4.51. The second kappa shape index (κ2) is 6.81. The van der Waals surface area contributed by atoms with Crippen molar-refractivity contribution in [3.8, 4) is 0 Å². The average molecular weight is 314 g/mol. The van der Waals surface area contributed by atoms with Crippen LogP contribution in [0.2, 0.25) is 0 Å². The van der Waals surface area contributed by atoms with E-state index in [4.69, 9.17) is 0 Å². The molecule has 6 nitrogen and oxygen atoms in total. The van der Waals surface area contributed by atoms with E-state index < -0.39 is 0 Å². The van der Waals surface area contributed by atoms with Crippen molar-refractivity contribution in [2.45, 2.75) is 32.7 Å². The first-order valence-corrected chi connectivity index (χ1v) is 8.15. The molecule has 0 aromatic carbocycles. The first kappa shape index (κ1) is 15.5. The number of piperidine rings is 1. The lowest BCUT2D eigenvalue weighted by atomic mass is 9.96. The predicted octanol–water partition coefficient (Wildman–Crippen LogP) is 1.69. The molecule has 23 heavy (non-hydrogen) atoms. The van der Waals surface area contributed by atoms with E-state index >= 15 is 0 Å². The van der Waals surface area contributed by atoms with Gasteiger partial charge in [0.1, 0.15) is 5.82 Å². The SMILES string of the molecule is CCc1nccn1CC1CCN(C(=O)c2ccc(=O)[nH]c2)CC1. The van der Waals surface area contributed by atoms with Crippen molar-refractivity contribution >= 4 is 5.91 Å². The maximum atomic E-state index is 12.4. The largest absolute Gasteiger partial charge is 0.339 e. The van der Waals surface area contributed by atoms with Crippen LogP contribution in [0.1, 0.15) is 35.9 Å². The summed E-state index contributed by atoms with van der Waals surface area (Å²) < 4.78 is 2.23. The number of hydrogen-bond acceptors (Lipinski definition) is 3. The molecule has 0 spiro atoms. The Labute approximate surface area is 135 Å². The monoisotopic (exact) mass is 314 g/mol. The van der Waals surface area contributed by atoms with Crippen molar-refractivity contribution in [1.82, 2.24) is 19.4 Å². The number of H-pyrrole nitrogens is 1. The number of nitrogens with one attached hydrogen (secondary N) is 1. The van der Waals surface area contributed by atoms with E-state index in [1.165, 1.54) is 12.3 Å². The Hall–Kier alpha value is -2.37. The maximum Gasteiger partial charge on any atom is 0.255 e. The Bertz CT molecular complexity index is 706. The molecule has 3 rings (SSSR count). The number of aromatic amines is 1. The van der Waals surface area contributed by atoms with Gasteiger partial charge in [0.2, 0.25) is 5.56 Å². The maximum absolute atomic E-state index is 12.4. The molecule has 1 fully saturated rings. The van der Waals surface area contributed by atoms with E-state index in [9.17, 15) is 9.59 Å². The van der Waals surface area contributed by atoms with Gasteiger partial charge in [0.25, 0.3) is 5.91 Å². The molecule has 0 atom stereocenters. The molecule has 2 aromatic heterocycles. The Morgan fingerprint density at radius 3 is 2.78 bits per heavy atom. The van der Waals surface area contributed by atoms with Crippen LogP contribution in [0.5, 0.6) is 0 Å². The van der Waals surface area contributed by atoms with Gasteiger partial charge in [-0.05, 0) is 24.8 Å². The fraction of sp³-hybridized carbons (Fsp3) is 0.471. The lowest BCUT2D eigenvalue weighted by Gasteiger charge is -2.32. The van der Waals surface area contributed by atoms with Gasteiger partial charge in [-0.25, -0.2) is 4.98 Å². The van der Waals surface area contributed by atoms with Gasteiger partial charge in [0.15, 0.2) is 0 Å². The van der Waals surface area contributed by atoms with Crippen LogP contribution in [0.3, 0.4) is 0 Å². The molecule has 1 saturated heterocycles. The number of nitrogens with zero attached hydrogens (tertiary/aromatic N) is 3. The molecular formula is C17H22N4O2. The number of carbonyl (C=O) groups excluding carboxylic acids is 1. The topological polar surface area (TPSA) is 71.0 Å². The van der Waals surface area contributed by atoms with Gasteiger partial charge in [-0.15, -0.1) is 0 Å². The summed E-state index contributed by atoms with van der Waals surface area (Å²) in [6.07, 6.45) is 8.32. The van der Waals surface area contributed by atoms with Crippen molar-refractivity contribution in [1.29, 1.82) is 0 Å². The number of likely N-dealkylation sites (tertiary alicyclic amines) is 1. The Morgan fingerprint density at radius 2 is 2.13 bits per heavy atom. The number of aryl methyl sites for hydroxylation is 1. The van der Waals surface area contributed by atoms with E-state index in [0.717, 1.165) is 44.7 Å². The van der Waals surface area contributed by atoms with Gasteiger partial charge < -0.3 is 14.5 Å². The van der Waals surface area contributed by atoms with Crippen molar-refractivity contribution in [3.05, 3.63) is 52.5 Å². The molecule has 0 unspecified atom stereocenters.